The van der Waals surface area contributed by atoms with E-state index in [1.165, 1.54) is 0 Å². The first kappa shape index (κ1) is 16.8. The summed E-state index contributed by atoms with van der Waals surface area (Å²) >= 11 is 0. The predicted molar refractivity (Wildman–Crippen MR) is 89.7 cm³/mol. The lowest BCUT2D eigenvalue weighted by atomic mass is 10.1. The average molecular weight is 331 g/mol. The Labute approximate surface area is 142 Å². The van der Waals surface area contributed by atoms with Gasteiger partial charge in [-0.1, -0.05) is 13.8 Å². The Morgan fingerprint density at radius 2 is 2.12 bits per heavy atom. The lowest BCUT2D eigenvalue weighted by Gasteiger charge is -2.35. The molecule has 1 saturated carbocycles. The Bertz CT molecular complexity index is 642. The van der Waals surface area contributed by atoms with E-state index in [9.17, 15) is 9.59 Å². The second kappa shape index (κ2) is 6.84. The molecule has 130 valence electrons. The number of carbonyl (C=O) groups is 2. The number of hydrogen-bond donors (Lipinski definition) is 2. The van der Waals surface area contributed by atoms with Gasteiger partial charge in [-0.15, -0.1) is 0 Å². The third kappa shape index (κ3) is 3.56. The van der Waals surface area contributed by atoms with Crippen molar-refractivity contribution in [3.05, 3.63) is 23.3 Å². The maximum atomic E-state index is 13.0. The van der Waals surface area contributed by atoms with Crippen molar-refractivity contribution in [1.82, 2.24) is 25.5 Å². The van der Waals surface area contributed by atoms with Gasteiger partial charge in [0.1, 0.15) is 11.9 Å². The summed E-state index contributed by atoms with van der Waals surface area (Å²) in [5.41, 5.74) is 1.14. The summed E-state index contributed by atoms with van der Waals surface area (Å²) in [6.07, 6.45) is 3.66. The molecule has 0 aromatic carbocycles. The third-order valence-corrected chi connectivity index (χ3v) is 4.48. The van der Waals surface area contributed by atoms with E-state index in [0.717, 1.165) is 18.7 Å². The van der Waals surface area contributed by atoms with Crippen molar-refractivity contribution >= 4 is 11.8 Å². The monoisotopic (exact) mass is 331 g/mol. The third-order valence-electron chi connectivity index (χ3n) is 4.48. The quantitative estimate of drug-likeness (QED) is 0.844. The highest BCUT2D eigenvalue weighted by Gasteiger charge is 2.35. The van der Waals surface area contributed by atoms with Crippen LogP contribution in [0.3, 0.4) is 0 Å². The molecule has 1 aliphatic heterocycles. The van der Waals surface area contributed by atoms with Crippen LogP contribution in [0.4, 0.5) is 0 Å². The fourth-order valence-corrected chi connectivity index (χ4v) is 2.83. The van der Waals surface area contributed by atoms with Gasteiger partial charge in [0.05, 0.1) is 11.3 Å². The Balaban J connectivity index is 1.79. The summed E-state index contributed by atoms with van der Waals surface area (Å²) < 4.78 is 0. The number of hydrogen-bond acceptors (Lipinski definition) is 5. The zero-order chi connectivity index (χ0) is 17.3. The molecule has 1 saturated heterocycles. The molecule has 24 heavy (non-hydrogen) atoms. The van der Waals surface area contributed by atoms with Crippen LogP contribution in [0.25, 0.3) is 0 Å². The van der Waals surface area contributed by atoms with Crippen LogP contribution in [0.15, 0.2) is 6.20 Å². The maximum Gasteiger partial charge on any atom is 0.258 e. The molecule has 1 aliphatic carbocycles. The SMILES string of the molecule is Cc1nc(C(C)C)ncc1C(=O)N1CCNC[C@H]1C(=O)NC1CC1. The molecule has 7 heteroatoms. The fraction of sp³-hybridized carbons (Fsp3) is 0.647. The van der Waals surface area contributed by atoms with Crippen LogP contribution < -0.4 is 10.6 Å². The van der Waals surface area contributed by atoms with Gasteiger partial charge in [-0.25, -0.2) is 9.97 Å². The van der Waals surface area contributed by atoms with Crippen molar-refractivity contribution in [3.8, 4) is 0 Å². The largest absolute Gasteiger partial charge is 0.352 e. The molecular formula is C17H25N5O2. The minimum Gasteiger partial charge on any atom is -0.352 e. The maximum absolute atomic E-state index is 13.0. The van der Waals surface area contributed by atoms with Crippen molar-refractivity contribution in [1.29, 1.82) is 0 Å². The zero-order valence-corrected chi connectivity index (χ0v) is 14.5. The minimum absolute atomic E-state index is 0.0737. The average Bonchev–Trinajstić information content (AvgIpc) is 3.38. The Hall–Kier alpha value is -2.02. The van der Waals surface area contributed by atoms with Crippen molar-refractivity contribution in [2.45, 2.75) is 51.6 Å². The summed E-state index contributed by atoms with van der Waals surface area (Å²) in [6.45, 7) is 7.53. The number of nitrogens with zero attached hydrogens (tertiary/aromatic N) is 3. The number of nitrogens with one attached hydrogen (secondary N) is 2. The normalized spacial score (nSPS) is 21.0. The lowest BCUT2D eigenvalue weighted by molar-refractivity contribution is -0.126. The smallest absolute Gasteiger partial charge is 0.258 e. The highest BCUT2D eigenvalue weighted by atomic mass is 16.2. The van der Waals surface area contributed by atoms with Crippen LogP contribution >= 0.6 is 0 Å². The highest BCUT2D eigenvalue weighted by molar-refractivity contribution is 5.98. The number of aromatic nitrogens is 2. The van der Waals surface area contributed by atoms with Crippen molar-refractivity contribution in [2.24, 2.45) is 0 Å². The Morgan fingerprint density at radius 3 is 2.75 bits per heavy atom. The number of aryl methyl sites for hydroxylation is 1. The first-order valence-electron chi connectivity index (χ1n) is 8.63. The van der Waals surface area contributed by atoms with E-state index < -0.39 is 6.04 Å². The van der Waals surface area contributed by atoms with Gasteiger partial charge >= 0.3 is 0 Å². The van der Waals surface area contributed by atoms with E-state index in [1.54, 1.807) is 11.1 Å². The summed E-state index contributed by atoms with van der Waals surface area (Å²) in [4.78, 5) is 35.8. The summed E-state index contributed by atoms with van der Waals surface area (Å²) in [5, 5.41) is 6.19. The molecular weight excluding hydrogens is 306 g/mol. The van der Waals surface area contributed by atoms with E-state index in [0.29, 0.717) is 30.9 Å². The van der Waals surface area contributed by atoms with Crippen LogP contribution in [0.5, 0.6) is 0 Å². The molecule has 2 fully saturated rings. The first-order valence-corrected chi connectivity index (χ1v) is 8.63. The van der Waals surface area contributed by atoms with Crippen LogP contribution in [-0.2, 0) is 4.79 Å². The minimum atomic E-state index is -0.476. The van der Waals surface area contributed by atoms with Crippen molar-refractivity contribution in [3.63, 3.8) is 0 Å². The summed E-state index contributed by atoms with van der Waals surface area (Å²) in [5.74, 6) is 0.701. The highest BCUT2D eigenvalue weighted by Crippen LogP contribution is 2.20. The molecule has 1 aromatic rings. The second-order valence-electron chi connectivity index (χ2n) is 6.88. The summed E-state index contributed by atoms with van der Waals surface area (Å²) in [6, 6.07) is -0.192. The molecule has 0 bridgehead atoms. The van der Waals surface area contributed by atoms with E-state index >= 15 is 0 Å². The number of rotatable bonds is 4. The lowest BCUT2D eigenvalue weighted by Crippen LogP contribution is -2.59. The molecule has 1 aromatic heterocycles. The predicted octanol–water partition coefficient (Wildman–Crippen LogP) is 0.601. The molecule has 0 radical (unpaired) electrons. The van der Waals surface area contributed by atoms with Crippen molar-refractivity contribution in [2.75, 3.05) is 19.6 Å². The molecule has 1 atom stereocenters. The molecule has 0 spiro atoms. The van der Waals surface area contributed by atoms with E-state index in [4.69, 9.17) is 0 Å². The molecule has 2 N–H and O–H groups in total. The van der Waals surface area contributed by atoms with Gasteiger partial charge in [-0.3, -0.25) is 9.59 Å². The van der Waals surface area contributed by atoms with Crippen LogP contribution in [0.2, 0.25) is 0 Å². The molecule has 2 heterocycles. The zero-order valence-electron chi connectivity index (χ0n) is 14.5. The topological polar surface area (TPSA) is 87.2 Å². The van der Waals surface area contributed by atoms with Gasteiger partial charge in [-0.05, 0) is 19.8 Å². The second-order valence-corrected chi connectivity index (χ2v) is 6.88. The molecule has 2 aliphatic rings. The van der Waals surface area contributed by atoms with E-state index in [-0.39, 0.29) is 23.8 Å². The number of carbonyl (C=O) groups excluding carboxylic acids is 2. The fourth-order valence-electron chi connectivity index (χ4n) is 2.83. The van der Waals surface area contributed by atoms with Gasteiger partial charge in [-0.2, -0.15) is 0 Å². The Morgan fingerprint density at radius 1 is 1.38 bits per heavy atom. The molecule has 2 amide bonds. The Kier molecular flexibility index (Phi) is 4.80. The molecule has 0 unspecified atom stereocenters. The van der Waals surface area contributed by atoms with Gasteiger partial charge in [0.25, 0.3) is 5.91 Å². The van der Waals surface area contributed by atoms with Gasteiger partial charge in [0.2, 0.25) is 5.91 Å². The molecule has 7 nitrogen and oxygen atoms in total. The first-order chi connectivity index (χ1) is 11.5. The summed E-state index contributed by atoms with van der Waals surface area (Å²) in [7, 11) is 0. The standard InChI is InChI=1S/C17H25N5O2/c1-10(2)15-19-8-13(11(3)20-15)17(24)22-7-6-18-9-14(22)16(23)21-12-4-5-12/h8,10,12,14,18H,4-7,9H2,1-3H3,(H,21,23)/t14-/m0/s1. The number of piperazine rings is 1. The van der Waals surface area contributed by atoms with Crippen LogP contribution in [0.1, 0.15) is 54.5 Å². The van der Waals surface area contributed by atoms with Crippen molar-refractivity contribution < 1.29 is 9.59 Å². The number of amides is 2. The van der Waals surface area contributed by atoms with Gasteiger partial charge in [0, 0.05) is 37.8 Å². The molecule has 3 rings (SSSR count). The van der Waals surface area contributed by atoms with Crippen LogP contribution in [0, 0.1) is 6.92 Å². The van der Waals surface area contributed by atoms with Crippen LogP contribution in [-0.4, -0.2) is 58.4 Å². The van der Waals surface area contributed by atoms with E-state index in [2.05, 4.69) is 20.6 Å². The van der Waals surface area contributed by atoms with E-state index in [1.807, 2.05) is 20.8 Å². The van der Waals surface area contributed by atoms with Gasteiger partial charge < -0.3 is 15.5 Å². The van der Waals surface area contributed by atoms with Gasteiger partial charge in [0.15, 0.2) is 0 Å².